The Morgan fingerprint density at radius 1 is 1.03 bits per heavy atom. The van der Waals surface area contributed by atoms with Crippen molar-refractivity contribution in [3.63, 3.8) is 0 Å². The van der Waals surface area contributed by atoms with Crippen molar-refractivity contribution < 1.29 is 21.9 Å². The first kappa shape index (κ1) is 20.4. The number of rotatable bonds is 8. The van der Waals surface area contributed by atoms with Gasteiger partial charge in [0.25, 0.3) is 0 Å². The van der Waals surface area contributed by atoms with Crippen LogP contribution in [-0.2, 0) is 16.6 Å². The van der Waals surface area contributed by atoms with Gasteiger partial charge in [0.05, 0.1) is 4.90 Å². The number of benzene rings is 2. The number of halogens is 2. The van der Waals surface area contributed by atoms with Crippen LogP contribution in [0.25, 0.3) is 0 Å². The molecule has 0 radical (unpaired) electrons. The van der Waals surface area contributed by atoms with Crippen LogP contribution in [0.2, 0.25) is 0 Å². The Balaban J connectivity index is 1.64. The molecule has 152 valence electrons. The van der Waals surface area contributed by atoms with Gasteiger partial charge >= 0.3 is 6.61 Å². The van der Waals surface area contributed by atoms with Gasteiger partial charge in [0.15, 0.2) is 0 Å². The maximum absolute atomic E-state index is 12.2. The second-order valence-corrected chi connectivity index (χ2v) is 7.42. The van der Waals surface area contributed by atoms with Crippen LogP contribution in [0.3, 0.4) is 0 Å². The summed E-state index contributed by atoms with van der Waals surface area (Å²) >= 11 is 0. The molecule has 2 aromatic carbocycles. The molecule has 3 rings (SSSR count). The van der Waals surface area contributed by atoms with Crippen molar-refractivity contribution in [1.82, 2.24) is 9.97 Å². The first-order valence-corrected chi connectivity index (χ1v) is 9.84. The molecule has 0 bridgehead atoms. The van der Waals surface area contributed by atoms with Gasteiger partial charge in [0, 0.05) is 18.3 Å². The maximum atomic E-state index is 12.2. The molecule has 1 heterocycles. The van der Waals surface area contributed by atoms with E-state index < -0.39 is 16.6 Å². The van der Waals surface area contributed by atoms with Gasteiger partial charge in [-0.15, -0.1) is 0 Å². The van der Waals surface area contributed by atoms with Gasteiger partial charge in [-0.1, -0.05) is 12.1 Å². The highest BCUT2D eigenvalue weighted by molar-refractivity contribution is 7.89. The molecular formula is C18H17F2N5O3S. The third kappa shape index (κ3) is 6.09. The Morgan fingerprint density at radius 2 is 1.76 bits per heavy atom. The minimum Gasteiger partial charge on any atom is -0.435 e. The fraction of sp³-hybridized carbons (Fsp3) is 0.111. The standard InChI is InChI=1S/C18H17F2N5O3S/c19-18(20)28-14-6-4-13(5-7-14)25-17-9-16(23-11-24-17)22-10-12-2-1-3-15(8-12)29(21,26)27/h1-9,11,18H,10H2,(H2,21,26,27)(H2,22,23,24,25). The van der Waals surface area contributed by atoms with E-state index in [1.807, 2.05) is 0 Å². The predicted octanol–water partition coefficient (Wildman–Crippen LogP) is 3.08. The summed E-state index contributed by atoms with van der Waals surface area (Å²) in [6, 6.07) is 13.9. The summed E-state index contributed by atoms with van der Waals surface area (Å²) in [6.07, 6.45) is 1.35. The number of nitrogens with two attached hydrogens (primary N) is 1. The first-order chi connectivity index (χ1) is 13.8. The zero-order chi connectivity index (χ0) is 20.9. The fourth-order valence-electron chi connectivity index (χ4n) is 2.41. The normalized spacial score (nSPS) is 11.3. The van der Waals surface area contributed by atoms with Gasteiger partial charge in [-0.2, -0.15) is 8.78 Å². The lowest BCUT2D eigenvalue weighted by atomic mass is 10.2. The van der Waals surface area contributed by atoms with E-state index in [4.69, 9.17) is 5.14 Å². The highest BCUT2D eigenvalue weighted by atomic mass is 32.2. The molecule has 3 aromatic rings. The average molecular weight is 421 g/mol. The van der Waals surface area contributed by atoms with Gasteiger partial charge in [0.1, 0.15) is 23.7 Å². The number of primary sulfonamides is 1. The second kappa shape index (κ2) is 8.80. The van der Waals surface area contributed by atoms with Crippen LogP contribution in [0.5, 0.6) is 5.75 Å². The van der Waals surface area contributed by atoms with E-state index in [9.17, 15) is 17.2 Å². The molecule has 0 atom stereocenters. The third-order valence-corrected chi connectivity index (χ3v) is 4.63. The minimum absolute atomic E-state index is 0.0288. The fourth-order valence-corrected chi connectivity index (χ4v) is 3.00. The highest BCUT2D eigenvalue weighted by Crippen LogP contribution is 2.21. The Kier molecular flexibility index (Phi) is 6.20. The number of ether oxygens (including phenoxy) is 1. The van der Waals surface area contributed by atoms with E-state index >= 15 is 0 Å². The van der Waals surface area contributed by atoms with Crippen molar-refractivity contribution in [2.24, 2.45) is 5.14 Å². The minimum atomic E-state index is -3.77. The van der Waals surface area contributed by atoms with E-state index in [-0.39, 0.29) is 10.6 Å². The Bertz CT molecular complexity index is 1080. The van der Waals surface area contributed by atoms with Crippen LogP contribution in [0.15, 0.2) is 65.8 Å². The van der Waals surface area contributed by atoms with E-state index in [0.29, 0.717) is 29.4 Å². The molecule has 1 aromatic heterocycles. The van der Waals surface area contributed by atoms with Crippen LogP contribution in [-0.4, -0.2) is 25.0 Å². The number of nitrogens with one attached hydrogen (secondary N) is 2. The summed E-state index contributed by atoms with van der Waals surface area (Å²) in [7, 11) is -3.77. The topological polar surface area (TPSA) is 119 Å². The van der Waals surface area contributed by atoms with Crippen molar-refractivity contribution in [3.05, 3.63) is 66.5 Å². The molecule has 0 amide bonds. The smallest absolute Gasteiger partial charge is 0.387 e. The van der Waals surface area contributed by atoms with Crippen LogP contribution < -0.4 is 20.5 Å². The summed E-state index contributed by atoms with van der Waals surface area (Å²) in [5.74, 6) is 1.03. The second-order valence-electron chi connectivity index (χ2n) is 5.86. The van der Waals surface area contributed by atoms with E-state index in [2.05, 4.69) is 25.3 Å². The molecule has 4 N–H and O–H groups in total. The number of hydrogen-bond donors (Lipinski definition) is 3. The number of anilines is 3. The van der Waals surface area contributed by atoms with Gasteiger partial charge in [0.2, 0.25) is 10.0 Å². The Morgan fingerprint density at radius 3 is 2.45 bits per heavy atom. The lowest BCUT2D eigenvalue weighted by Crippen LogP contribution is -2.12. The zero-order valence-electron chi connectivity index (χ0n) is 14.9. The molecule has 0 aliphatic rings. The molecule has 0 fully saturated rings. The van der Waals surface area contributed by atoms with Crippen LogP contribution >= 0.6 is 0 Å². The largest absolute Gasteiger partial charge is 0.435 e. The van der Waals surface area contributed by atoms with E-state index in [0.717, 1.165) is 0 Å². The third-order valence-electron chi connectivity index (χ3n) is 3.72. The molecule has 0 spiro atoms. The van der Waals surface area contributed by atoms with Crippen molar-refractivity contribution in [1.29, 1.82) is 0 Å². The number of sulfonamides is 1. The van der Waals surface area contributed by atoms with Gasteiger partial charge < -0.3 is 15.4 Å². The summed E-state index contributed by atoms with van der Waals surface area (Å²) in [6.45, 7) is -2.56. The lowest BCUT2D eigenvalue weighted by molar-refractivity contribution is -0.0498. The molecule has 0 unspecified atom stereocenters. The SMILES string of the molecule is NS(=O)(=O)c1cccc(CNc2cc(Nc3ccc(OC(F)F)cc3)ncn2)c1. The average Bonchev–Trinajstić information content (AvgIpc) is 2.67. The van der Waals surface area contributed by atoms with Crippen LogP contribution in [0.4, 0.5) is 26.1 Å². The number of aromatic nitrogens is 2. The lowest BCUT2D eigenvalue weighted by Gasteiger charge is -2.10. The van der Waals surface area contributed by atoms with E-state index in [1.54, 1.807) is 30.3 Å². The van der Waals surface area contributed by atoms with Gasteiger partial charge in [-0.25, -0.2) is 23.5 Å². The molecule has 0 saturated carbocycles. The maximum Gasteiger partial charge on any atom is 0.387 e. The van der Waals surface area contributed by atoms with Crippen molar-refractivity contribution in [3.8, 4) is 5.75 Å². The van der Waals surface area contributed by atoms with Crippen LogP contribution in [0.1, 0.15) is 5.56 Å². The van der Waals surface area contributed by atoms with Gasteiger partial charge in [-0.05, 0) is 42.0 Å². The summed E-state index contributed by atoms with van der Waals surface area (Å²) < 4.78 is 51.5. The summed E-state index contributed by atoms with van der Waals surface area (Å²) in [4.78, 5) is 8.23. The van der Waals surface area contributed by atoms with Crippen molar-refractivity contribution >= 4 is 27.3 Å². The number of nitrogens with zero attached hydrogens (tertiary/aromatic N) is 2. The predicted molar refractivity (Wildman–Crippen MR) is 104 cm³/mol. The molecular weight excluding hydrogens is 404 g/mol. The zero-order valence-corrected chi connectivity index (χ0v) is 15.7. The monoisotopic (exact) mass is 421 g/mol. The molecule has 11 heteroatoms. The Hall–Kier alpha value is -3.31. The highest BCUT2D eigenvalue weighted by Gasteiger charge is 2.08. The van der Waals surface area contributed by atoms with E-state index in [1.165, 1.54) is 30.6 Å². The molecule has 29 heavy (non-hydrogen) atoms. The first-order valence-electron chi connectivity index (χ1n) is 8.29. The molecule has 8 nitrogen and oxygen atoms in total. The Labute approximate surface area is 165 Å². The number of alkyl halides is 2. The van der Waals surface area contributed by atoms with Crippen molar-refractivity contribution in [2.45, 2.75) is 18.1 Å². The molecule has 0 aliphatic carbocycles. The van der Waals surface area contributed by atoms with Crippen LogP contribution in [0, 0.1) is 0 Å². The number of hydrogen-bond acceptors (Lipinski definition) is 7. The molecule has 0 aliphatic heterocycles. The molecule has 0 saturated heterocycles. The van der Waals surface area contributed by atoms with Gasteiger partial charge in [-0.3, -0.25) is 0 Å². The summed E-state index contributed by atoms with van der Waals surface area (Å²) in [5.41, 5.74) is 1.33. The quantitative estimate of drug-likeness (QED) is 0.511. The summed E-state index contributed by atoms with van der Waals surface area (Å²) in [5, 5.41) is 11.2. The van der Waals surface area contributed by atoms with Crippen molar-refractivity contribution in [2.75, 3.05) is 10.6 Å².